The molecule has 9 nitrogen and oxygen atoms in total. The second-order valence-electron chi connectivity index (χ2n) is 8.39. The van der Waals surface area contributed by atoms with E-state index in [1.165, 1.54) is 12.1 Å². The highest BCUT2D eigenvalue weighted by Crippen LogP contribution is 2.22. The van der Waals surface area contributed by atoms with E-state index in [9.17, 15) is 28.7 Å². The van der Waals surface area contributed by atoms with Gasteiger partial charge in [-0.3, -0.25) is 24.5 Å². The molecule has 1 aromatic heterocycles. The van der Waals surface area contributed by atoms with Crippen LogP contribution >= 0.6 is 23.2 Å². The molecule has 1 aliphatic heterocycles. The summed E-state index contributed by atoms with van der Waals surface area (Å²) in [5, 5.41) is 20.9. The van der Waals surface area contributed by atoms with Crippen molar-refractivity contribution < 1.29 is 23.4 Å². The first-order valence-electron chi connectivity index (χ1n) is 11.1. The molecule has 194 valence electrons. The van der Waals surface area contributed by atoms with Gasteiger partial charge in [0.15, 0.2) is 6.19 Å². The van der Waals surface area contributed by atoms with Gasteiger partial charge < -0.3 is 9.84 Å². The molecule has 0 spiro atoms. The lowest BCUT2D eigenvalue weighted by Gasteiger charge is -2.35. The first-order valence-corrected chi connectivity index (χ1v) is 11.9. The lowest BCUT2D eigenvalue weighted by molar-refractivity contribution is 0.0316. The number of carbonyl (C=O) groups is 1. The fraction of sp³-hybridized carbons (Fsp3) is 0.292. The highest BCUT2D eigenvalue weighted by atomic mass is 35.5. The molecule has 0 unspecified atom stereocenters. The van der Waals surface area contributed by atoms with Gasteiger partial charge in [0.2, 0.25) is 5.43 Å². The van der Waals surface area contributed by atoms with Gasteiger partial charge in [-0.2, -0.15) is 5.26 Å². The Labute approximate surface area is 219 Å². The molecular weight excluding hydrogens is 531 g/mol. The van der Waals surface area contributed by atoms with Gasteiger partial charge in [0.1, 0.15) is 35.7 Å². The predicted molar refractivity (Wildman–Crippen MR) is 133 cm³/mol. The van der Waals surface area contributed by atoms with E-state index in [0.29, 0.717) is 32.7 Å². The van der Waals surface area contributed by atoms with Crippen LogP contribution in [0.5, 0.6) is 5.75 Å². The summed E-state index contributed by atoms with van der Waals surface area (Å²) in [5.41, 5.74) is 1.69. The van der Waals surface area contributed by atoms with E-state index in [0.717, 1.165) is 29.0 Å². The van der Waals surface area contributed by atoms with Crippen molar-refractivity contribution in [2.24, 2.45) is 0 Å². The number of hydrogen-bond donors (Lipinski definition) is 2. The topological polar surface area (TPSA) is 111 Å². The molecule has 4 rings (SSSR count). The summed E-state index contributed by atoms with van der Waals surface area (Å²) < 4.78 is 33.8. The fourth-order valence-electron chi connectivity index (χ4n) is 3.92. The zero-order chi connectivity index (χ0) is 26.7. The number of rotatable bonds is 7. The molecule has 37 heavy (non-hydrogen) atoms. The Morgan fingerprint density at radius 2 is 1.84 bits per heavy atom. The molecule has 2 aromatic carbocycles. The van der Waals surface area contributed by atoms with Crippen molar-refractivity contribution >= 4 is 40.0 Å². The number of ether oxygens (including phenoxy) is 1. The number of carbonyl (C=O) groups excluding carboxylic acids is 1. The SMILES string of the molecule is N#Cn1cc(C(=O)NN2CCN(C[C@@H](O)COc3ccc(Cl)c(F)c3)CC2)c(=O)c2cc(F)c(Cl)cc21. The van der Waals surface area contributed by atoms with Gasteiger partial charge in [-0.05, 0) is 24.3 Å². The predicted octanol–water partition coefficient (Wildman–Crippen LogP) is 2.62. The largest absolute Gasteiger partial charge is 0.491 e. The van der Waals surface area contributed by atoms with Crippen LogP contribution in [0.2, 0.25) is 10.0 Å². The van der Waals surface area contributed by atoms with Crippen LogP contribution < -0.4 is 15.6 Å². The van der Waals surface area contributed by atoms with Gasteiger partial charge in [-0.25, -0.2) is 13.8 Å². The van der Waals surface area contributed by atoms with Gasteiger partial charge in [0, 0.05) is 45.0 Å². The number of piperazine rings is 1. The quantitative estimate of drug-likeness (QED) is 0.464. The molecule has 13 heteroatoms. The molecule has 0 radical (unpaired) electrons. The standard InChI is InChI=1S/C24H21Cl2F2N5O4/c25-18-2-1-15(7-20(18)27)37-12-14(34)10-31-3-5-33(6-4-31)30-24(36)17-11-32(13-29)22-9-19(26)21(28)8-16(22)23(17)35/h1-2,7-9,11,14,34H,3-6,10,12H2,(H,30,36)/t14-/m1/s1. The number of aliphatic hydroxyl groups is 1. The van der Waals surface area contributed by atoms with E-state index in [2.05, 4.69) is 5.43 Å². The Bertz CT molecular complexity index is 1440. The van der Waals surface area contributed by atoms with Gasteiger partial charge in [0.05, 0.1) is 20.9 Å². The molecule has 1 atom stereocenters. The van der Waals surface area contributed by atoms with Crippen molar-refractivity contribution in [3.8, 4) is 11.9 Å². The first-order chi connectivity index (χ1) is 17.7. The number of halogens is 4. The minimum Gasteiger partial charge on any atom is -0.491 e. The maximum atomic E-state index is 13.9. The summed E-state index contributed by atoms with van der Waals surface area (Å²) in [6.07, 6.45) is 2.08. The third-order valence-corrected chi connectivity index (χ3v) is 6.43. The summed E-state index contributed by atoms with van der Waals surface area (Å²) in [4.78, 5) is 27.6. The van der Waals surface area contributed by atoms with Crippen LogP contribution in [0.3, 0.4) is 0 Å². The molecule has 1 saturated heterocycles. The molecule has 0 saturated carbocycles. The lowest BCUT2D eigenvalue weighted by Crippen LogP contribution is -2.55. The van der Waals surface area contributed by atoms with E-state index in [4.69, 9.17) is 27.9 Å². The van der Waals surface area contributed by atoms with Crippen LogP contribution in [0.4, 0.5) is 8.78 Å². The minimum atomic E-state index is -0.837. The van der Waals surface area contributed by atoms with Gasteiger partial charge >= 0.3 is 0 Å². The number of aromatic nitrogens is 1. The molecule has 2 N–H and O–H groups in total. The van der Waals surface area contributed by atoms with E-state index in [1.54, 1.807) is 5.01 Å². The Balaban J connectivity index is 1.32. The number of amides is 1. The molecule has 0 bridgehead atoms. The molecule has 2 heterocycles. The number of nitriles is 1. The number of benzene rings is 2. The fourth-order valence-corrected chi connectivity index (χ4v) is 4.20. The summed E-state index contributed by atoms with van der Waals surface area (Å²) in [6, 6.07) is 6.08. The molecule has 1 fully saturated rings. The molecule has 1 amide bonds. The van der Waals surface area contributed by atoms with Crippen molar-refractivity contribution in [3.05, 3.63) is 74.0 Å². The molecule has 3 aromatic rings. The highest BCUT2D eigenvalue weighted by molar-refractivity contribution is 6.31. The Morgan fingerprint density at radius 3 is 2.51 bits per heavy atom. The molecule has 0 aliphatic carbocycles. The number of aliphatic hydroxyl groups excluding tert-OH is 1. The summed E-state index contributed by atoms with van der Waals surface area (Å²) in [6.45, 7) is 2.03. The highest BCUT2D eigenvalue weighted by Gasteiger charge is 2.23. The third kappa shape index (κ3) is 6.18. The van der Waals surface area contributed by atoms with Gasteiger partial charge in [-0.15, -0.1) is 0 Å². The van der Waals surface area contributed by atoms with Crippen molar-refractivity contribution in [1.82, 2.24) is 19.9 Å². The number of nitrogens with one attached hydrogen (secondary N) is 1. The maximum absolute atomic E-state index is 13.9. The summed E-state index contributed by atoms with van der Waals surface area (Å²) in [5.74, 6) is -1.93. The monoisotopic (exact) mass is 551 g/mol. The average molecular weight is 552 g/mol. The van der Waals surface area contributed by atoms with Crippen LogP contribution in [-0.4, -0.2) is 70.9 Å². The van der Waals surface area contributed by atoms with Crippen LogP contribution in [0.1, 0.15) is 10.4 Å². The van der Waals surface area contributed by atoms with Crippen LogP contribution in [-0.2, 0) is 0 Å². The Kier molecular flexibility index (Phi) is 8.26. The summed E-state index contributed by atoms with van der Waals surface area (Å²) in [7, 11) is 0. The van der Waals surface area contributed by atoms with Crippen LogP contribution in [0.15, 0.2) is 41.3 Å². The number of fused-ring (bicyclic) bond motifs is 1. The van der Waals surface area contributed by atoms with Gasteiger partial charge in [-0.1, -0.05) is 23.2 Å². The zero-order valence-electron chi connectivity index (χ0n) is 19.3. The number of hydrazine groups is 1. The van der Waals surface area contributed by atoms with Crippen LogP contribution in [0, 0.1) is 23.1 Å². The third-order valence-electron chi connectivity index (χ3n) is 5.83. The van der Waals surface area contributed by atoms with Crippen molar-refractivity contribution in [2.45, 2.75) is 6.10 Å². The van der Waals surface area contributed by atoms with E-state index in [-0.39, 0.29) is 38.9 Å². The lowest BCUT2D eigenvalue weighted by atomic mass is 10.1. The molecular formula is C24H21Cl2F2N5O4. The zero-order valence-corrected chi connectivity index (χ0v) is 20.8. The number of pyridine rings is 1. The number of nitrogens with zero attached hydrogens (tertiary/aromatic N) is 4. The van der Waals surface area contributed by atoms with Crippen LogP contribution in [0.25, 0.3) is 10.9 Å². The summed E-state index contributed by atoms with van der Waals surface area (Å²) >= 11 is 11.4. The van der Waals surface area contributed by atoms with E-state index < -0.39 is 29.1 Å². The Hall–Kier alpha value is -3.27. The van der Waals surface area contributed by atoms with Gasteiger partial charge in [0.25, 0.3) is 5.91 Å². The smallest absolute Gasteiger partial charge is 0.271 e. The van der Waals surface area contributed by atoms with Crippen molar-refractivity contribution in [3.63, 3.8) is 0 Å². The molecule has 1 aliphatic rings. The second kappa shape index (κ2) is 11.4. The normalized spacial score (nSPS) is 15.4. The Morgan fingerprint density at radius 1 is 1.14 bits per heavy atom. The van der Waals surface area contributed by atoms with Crippen molar-refractivity contribution in [1.29, 1.82) is 5.26 Å². The minimum absolute atomic E-state index is 0.0204. The van der Waals surface area contributed by atoms with E-state index >= 15 is 0 Å². The number of hydrogen-bond acceptors (Lipinski definition) is 7. The first kappa shape index (κ1) is 26.8. The number of β-amino-alcohol motifs (C(OH)–C–C–N with tert-alkyl or cyclic N) is 1. The maximum Gasteiger partial charge on any atom is 0.271 e. The van der Waals surface area contributed by atoms with Crippen molar-refractivity contribution in [2.75, 3.05) is 39.3 Å². The average Bonchev–Trinajstić information content (AvgIpc) is 2.87. The second-order valence-corrected chi connectivity index (χ2v) is 9.21. The van der Waals surface area contributed by atoms with E-state index in [1.807, 2.05) is 11.1 Å².